The van der Waals surface area contributed by atoms with Gasteiger partial charge >= 0.3 is 0 Å². The van der Waals surface area contributed by atoms with E-state index >= 15 is 0 Å². The lowest BCUT2D eigenvalue weighted by atomic mass is 9.98. The van der Waals surface area contributed by atoms with Crippen LogP contribution in [0.1, 0.15) is 51.9 Å². The van der Waals surface area contributed by atoms with E-state index in [1.165, 1.54) is 0 Å². The zero-order chi connectivity index (χ0) is 12.0. The van der Waals surface area contributed by atoms with Crippen LogP contribution in [0.2, 0.25) is 0 Å². The van der Waals surface area contributed by atoms with Crippen molar-refractivity contribution in [3.05, 3.63) is 0 Å². The van der Waals surface area contributed by atoms with Crippen LogP contribution in [0.4, 0.5) is 0 Å². The molecule has 1 aliphatic rings. The Kier molecular flexibility index (Phi) is 5.22. The molecule has 0 aromatic heterocycles. The summed E-state index contributed by atoms with van der Waals surface area (Å²) in [5.74, 6) is 0.0524. The smallest absolute Gasteiger partial charge is 0.220 e. The molecule has 0 aliphatic heterocycles. The molecule has 1 saturated carbocycles. The molecule has 1 atom stereocenters. The first-order chi connectivity index (χ1) is 7.58. The summed E-state index contributed by atoms with van der Waals surface area (Å²) in [5, 5.41) is 12.3. The van der Waals surface area contributed by atoms with Crippen molar-refractivity contribution >= 4 is 5.91 Å². The van der Waals surface area contributed by atoms with E-state index < -0.39 is 0 Å². The van der Waals surface area contributed by atoms with Gasteiger partial charge in [0, 0.05) is 12.5 Å². The number of amides is 1. The molecule has 1 fully saturated rings. The van der Waals surface area contributed by atoms with Crippen molar-refractivity contribution in [2.45, 2.75) is 63.5 Å². The van der Waals surface area contributed by atoms with Gasteiger partial charge in [-0.1, -0.05) is 12.8 Å². The van der Waals surface area contributed by atoms with E-state index in [9.17, 15) is 9.90 Å². The second-order valence-corrected chi connectivity index (χ2v) is 5.06. The predicted molar refractivity (Wildman–Crippen MR) is 63.9 cm³/mol. The van der Waals surface area contributed by atoms with E-state index in [0.717, 1.165) is 38.5 Å². The molecule has 16 heavy (non-hydrogen) atoms. The summed E-state index contributed by atoms with van der Waals surface area (Å²) in [6, 6.07) is 0.158. The fourth-order valence-corrected chi connectivity index (χ4v) is 2.32. The van der Waals surface area contributed by atoms with Crippen LogP contribution in [0, 0.1) is 0 Å². The fraction of sp³-hybridized carbons (Fsp3) is 0.917. The van der Waals surface area contributed by atoms with Crippen molar-refractivity contribution in [3.8, 4) is 0 Å². The van der Waals surface area contributed by atoms with Crippen molar-refractivity contribution in [3.63, 3.8) is 0 Å². The van der Waals surface area contributed by atoms with E-state index in [0.29, 0.717) is 6.42 Å². The van der Waals surface area contributed by atoms with Crippen LogP contribution < -0.4 is 11.1 Å². The van der Waals surface area contributed by atoms with Crippen LogP contribution in [-0.2, 0) is 4.79 Å². The maximum absolute atomic E-state index is 11.7. The quantitative estimate of drug-likeness (QED) is 0.633. The predicted octanol–water partition coefficient (Wildman–Crippen LogP) is 0.925. The monoisotopic (exact) mass is 228 g/mol. The van der Waals surface area contributed by atoms with E-state index in [4.69, 9.17) is 5.73 Å². The third-order valence-electron chi connectivity index (χ3n) is 3.33. The molecule has 0 heterocycles. The summed E-state index contributed by atoms with van der Waals surface area (Å²) in [5.41, 5.74) is 5.29. The van der Waals surface area contributed by atoms with Gasteiger partial charge in [-0.15, -0.1) is 0 Å². The number of carbonyl (C=O) groups is 1. The van der Waals surface area contributed by atoms with Crippen LogP contribution >= 0.6 is 0 Å². The fourth-order valence-electron chi connectivity index (χ4n) is 2.32. The van der Waals surface area contributed by atoms with Crippen molar-refractivity contribution < 1.29 is 9.90 Å². The number of nitrogens with two attached hydrogens (primary N) is 1. The Morgan fingerprint density at radius 1 is 1.50 bits per heavy atom. The number of aliphatic hydroxyl groups excluding tert-OH is 1. The number of hydrogen-bond acceptors (Lipinski definition) is 3. The van der Waals surface area contributed by atoms with E-state index in [1.54, 1.807) is 0 Å². The van der Waals surface area contributed by atoms with Gasteiger partial charge < -0.3 is 16.2 Å². The summed E-state index contributed by atoms with van der Waals surface area (Å²) in [4.78, 5) is 11.7. The molecule has 1 rings (SSSR count). The minimum atomic E-state index is -0.328. The molecular formula is C12H24N2O2. The van der Waals surface area contributed by atoms with Gasteiger partial charge in [-0.25, -0.2) is 0 Å². The Morgan fingerprint density at radius 3 is 2.62 bits per heavy atom. The lowest BCUT2D eigenvalue weighted by molar-refractivity contribution is -0.123. The first-order valence-electron chi connectivity index (χ1n) is 6.25. The molecule has 0 aromatic carbocycles. The number of nitrogens with one attached hydrogen (secondary N) is 1. The molecule has 1 aliphatic carbocycles. The van der Waals surface area contributed by atoms with E-state index in [2.05, 4.69) is 5.32 Å². The molecule has 1 amide bonds. The van der Waals surface area contributed by atoms with Gasteiger partial charge in [0.2, 0.25) is 5.91 Å². The maximum atomic E-state index is 11.7. The topological polar surface area (TPSA) is 75.4 Å². The van der Waals surface area contributed by atoms with Crippen LogP contribution in [0.3, 0.4) is 0 Å². The number of hydrogen-bond donors (Lipinski definition) is 3. The summed E-state index contributed by atoms with van der Waals surface area (Å²) in [6.07, 6.45) is 6.22. The molecule has 94 valence electrons. The third kappa shape index (κ3) is 4.10. The molecule has 0 aromatic rings. The average molecular weight is 228 g/mol. The Balaban J connectivity index is 2.27. The van der Waals surface area contributed by atoms with Gasteiger partial charge in [-0.05, 0) is 32.6 Å². The Bertz CT molecular complexity index is 223. The lowest BCUT2D eigenvalue weighted by Gasteiger charge is -2.28. The first kappa shape index (κ1) is 13.5. The Hall–Kier alpha value is -0.610. The summed E-state index contributed by atoms with van der Waals surface area (Å²) >= 11 is 0. The lowest BCUT2D eigenvalue weighted by Crippen LogP contribution is -2.49. The molecular weight excluding hydrogens is 204 g/mol. The highest BCUT2D eigenvalue weighted by Crippen LogP contribution is 2.29. The van der Waals surface area contributed by atoms with Crippen LogP contribution in [0.25, 0.3) is 0 Å². The standard InChI is InChI=1S/C12H24N2O2/c1-10(13)5-4-6-11(16)14-12(9-15)7-2-3-8-12/h10,15H,2-9,13H2,1H3,(H,14,16). The minimum Gasteiger partial charge on any atom is -0.394 e. The molecule has 0 bridgehead atoms. The van der Waals surface area contributed by atoms with Crippen molar-refractivity contribution in [1.29, 1.82) is 0 Å². The van der Waals surface area contributed by atoms with Gasteiger partial charge in [0.15, 0.2) is 0 Å². The Labute approximate surface area is 97.6 Å². The summed E-state index contributed by atoms with van der Waals surface area (Å²) in [6.45, 7) is 2.01. The van der Waals surface area contributed by atoms with Crippen LogP contribution in [0.5, 0.6) is 0 Å². The second kappa shape index (κ2) is 6.21. The van der Waals surface area contributed by atoms with Crippen molar-refractivity contribution in [2.24, 2.45) is 5.73 Å². The number of aliphatic hydroxyl groups is 1. The molecule has 4 N–H and O–H groups in total. The van der Waals surface area contributed by atoms with Crippen LogP contribution in [0.15, 0.2) is 0 Å². The van der Waals surface area contributed by atoms with Gasteiger partial charge in [-0.2, -0.15) is 0 Å². The van der Waals surface area contributed by atoms with Crippen LogP contribution in [-0.4, -0.2) is 29.2 Å². The van der Waals surface area contributed by atoms with Crippen molar-refractivity contribution in [1.82, 2.24) is 5.32 Å². The van der Waals surface area contributed by atoms with Gasteiger partial charge in [0.25, 0.3) is 0 Å². The zero-order valence-corrected chi connectivity index (χ0v) is 10.2. The largest absolute Gasteiger partial charge is 0.394 e. The van der Waals surface area contributed by atoms with Gasteiger partial charge in [-0.3, -0.25) is 4.79 Å². The molecule has 4 heteroatoms. The number of rotatable bonds is 6. The first-order valence-corrected chi connectivity index (χ1v) is 6.25. The molecule has 0 saturated heterocycles. The average Bonchev–Trinajstić information content (AvgIpc) is 2.66. The highest BCUT2D eigenvalue weighted by molar-refractivity contribution is 5.76. The minimum absolute atomic E-state index is 0.0524. The molecule has 4 nitrogen and oxygen atoms in total. The zero-order valence-electron chi connectivity index (χ0n) is 10.2. The molecule has 0 spiro atoms. The molecule has 0 radical (unpaired) electrons. The second-order valence-electron chi connectivity index (χ2n) is 5.06. The van der Waals surface area contributed by atoms with Crippen molar-refractivity contribution in [2.75, 3.05) is 6.61 Å². The van der Waals surface area contributed by atoms with E-state index in [-0.39, 0.29) is 24.1 Å². The normalized spacial score (nSPS) is 20.7. The maximum Gasteiger partial charge on any atom is 0.220 e. The van der Waals surface area contributed by atoms with E-state index in [1.807, 2.05) is 6.92 Å². The SMILES string of the molecule is CC(N)CCCC(=O)NC1(CO)CCCC1. The van der Waals surface area contributed by atoms with Gasteiger partial charge in [0.1, 0.15) is 0 Å². The Morgan fingerprint density at radius 2 is 2.12 bits per heavy atom. The number of carbonyl (C=O) groups excluding carboxylic acids is 1. The highest BCUT2D eigenvalue weighted by atomic mass is 16.3. The third-order valence-corrected chi connectivity index (χ3v) is 3.33. The molecule has 1 unspecified atom stereocenters. The summed E-state index contributed by atoms with van der Waals surface area (Å²) in [7, 11) is 0. The van der Waals surface area contributed by atoms with Gasteiger partial charge in [0.05, 0.1) is 12.1 Å². The summed E-state index contributed by atoms with van der Waals surface area (Å²) < 4.78 is 0. The highest BCUT2D eigenvalue weighted by Gasteiger charge is 2.34.